The van der Waals surface area contributed by atoms with E-state index in [0.717, 1.165) is 50.6 Å². The number of anilines is 1. The SMILES string of the molecule is CC1(C)Oc2ccc(CCN3CCNCC3)cc2NC1=O. The average Bonchev–Trinajstić information content (AvgIpc) is 2.47. The van der Waals surface area contributed by atoms with Crippen molar-refractivity contribution >= 4 is 11.6 Å². The number of carbonyl (C=O) groups is 1. The molecule has 0 unspecified atom stereocenters. The molecule has 0 bridgehead atoms. The van der Waals surface area contributed by atoms with Crippen molar-refractivity contribution in [1.82, 2.24) is 10.2 Å². The lowest BCUT2D eigenvalue weighted by atomic mass is 10.0. The van der Waals surface area contributed by atoms with Gasteiger partial charge in [0.05, 0.1) is 5.69 Å². The van der Waals surface area contributed by atoms with Gasteiger partial charge in [0, 0.05) is 32.7 Å². The molecule has 0 aromatic heterocycles. The number of hydrogen-bond donors (Lipinski definition) is 2. The van der Waals surface area contributed by atoms with Crippen molar-refractivity contribution in [1.29, 1.82) is 0 Å². The number of nitrogens with one attached hydrogen (secondary N) is 2. The van der Waals surface area contributed by atoms with E-state index in [9.17, 15) is 4.79 Å². The summed E-state index contributed by atoms with van der Waals surface area (Å²) in [6.07, 6.45) is 0.993. The monoisotopic (exact) mass is 289 g/mol. The fourth-order valence-electron chi connectivity index (χ4n) is 2.74. The van der Waals surface area contributed by atoms with Crippen molar-refractivity contribution in [2.75, 3.05) is 38.0 Å². The van der Waals surface area contributed by atoms with Crippen LogP contribution < -0.4 is 15.4 Å². The molecule has 5 heteroatoms. The van der Waals surface area contributed by atoms with E-state index in [1.54, 1.807) is 13.8 Å². The van der Waals surface area contributed by atoms with Gasteiger partial charge in [-0.25, -0.2) is 0 Å². The Bertz CT molecular complexity index is 536. The maximum Gasteiger partial charge on any atom is 0.268 e. The van der Waals surface area contributed by atoms with E-state index in [1.807, 2.05) is 12.1 Å². The Labute approximate surface area is 125 Å². The van der Waals surface area contributed by atoms with E-state index in [2.05, 4.69) is 21.6 Å². The van der Waals surface area contributed by atoms with Gasteiger partial charge < -0.3 is 20.3 Å². The lowest BCUT2D eigenvalue weighted by molar-refractivity contribution is -0.129. The summed E-state index contributed by atoms with van der Waals surface area (Å²) < 4.78 is 5.75. The minimum absolute atomic E-state index is 0.0887. The summed E-state index contributed by atoms with van der Waals surface area (Å²) in [6, 6.07) is 6.09. The number of piperazine rings is 1. The first-order chi connectivity index (χ1) is 10.0. The zero-order valence-electron chi connectivity index (χ0n) is 12.7. The van der Waals surface area contributed by atoms with Crippen LogP contribution in [0.2, 0.25) is 0 Å². The van der Waals surface area contributed by atoms with Gasteiger partial charge >= 0.3 is 0 Å². The molecule has 5 nitrogen and oxygen atoms in total. The standard InChI is InChI=1S/C16H23N3O2/c1-16(2)15(20)18-13-11-12(3-4-14(13)21-16)5-8-19-9-6-17-7-10-19/h3-4,11,17H,5-10H2,1-2H3,(H,18,20). The second-order valence-corrected chi connectivity index (χ2v) is 6.24. The summed E-state index contributed by atoms with van der Waals surface area (Å²) in [4.78, 5) is 14.4. The van der Waals surface area contributed by atoms with Gasteiger partial charge in [0.15, 0.2) is 5.60 Å². The molecular formula is C16H23N3O2. The number of ether oxygens (including phenoxy) is 1. The molecule has 2 N–H and O–H groups in total. The second-order valence-electron chi connectivity index (χ2n) is 6.24. The van der Waals surface area contributed by atoms with E-state index < -0.39 is 5.60 Å². The van der Waals surface area contributed by atoms with E-state index in [0.29, 0.717) is 0 Å². The van der Waals surface area contributed by atoms with Gasteiger partial charge in [0.2, 0.25) is 0 Å². The van der Waals surface area contributed by atoms with Crippen LogP contribution in [0.1, 0.15) is 19.4 Å². The fourth-order valence-corrected chi connectivity index (χ4v) is 2.74. The van der Waals surface area contributed by atoms with Gasteiger partial charge in [-0.2, -0.15) is 0 Å². The molecule has 2 aliphatic rings. The summed E-state index contributed by atoms with van der Waals surface area (Å²) >= 11 is 0. The lowest BCUT2D eigenvalue weighted by Crippen LogP contribution is -2.45. The van der Waals surface area contributed by atoms with Gasteiger partial charge in [-0.1, -0.05) is 6.07 Å². The highest BCUT2D eigenvalue weighted by Crippen LogP contribution is 2.34. The summed E-state index contributed by atoms with van der Waals surface area (Å²) in [5.74, 6) is 0.666. The smallest absolute Gasteiger partial charge is 0.268 e. The van der Waals surface area contributed by atoms with E-state index in [4.69, 9.17) is 4.74 Å². The molecule has 3 rings (SSSR count). The number of nitrogens with zero attached hydrogens (tertiary/aromatic N) is 1. The lowest BCUT2D eigenvalue weighted by Gasteiger charge is -2.32. The molecule has 1 amide bonds. The highest BCUT2D eigenvalue weighted by molar-refractivity contribution is 6.00. The normalized spacial score (nSPS) is 21.3. The van der Waals surface area contributed by atoms with E-state index in [1.165, 1.54) is 5.56 Å². The fraction of sp³-hybridized carbons (Fsp3) is 0.562. The zero-order chi connectivity index (χ0) is 14.9. The number of fused-ring (bicyclic) bond motifs is 1. The third kappa shape index (κ3) is 3.19. The number of hydrogen-bond acceptors (Lipinski definition) is 4. The molecule has 0 spiro atoms. The quantitative estimate of drug-likeness (QED) is 0.879. The Kier molecular flexibility index (Phi) is 3.87. The second kappa shape index (κ2) is 5.66. The average molecular weight is 289 g/mol. The molecule has 1 aromatic rings. The highest BCUT2D eigenvalue weighted by Gasteiger charge is 2.35. The summed E-state index contributed by atoms with van der Waals surface area (Å²) in [7, 11) is 0. The maximum atomic E-state index is 11.9. The van der Waals surface area contributed by atoms with Crippen molar-refractivity contribution in [2.24, 2.45) is 0 Å². The molecule has 0 radical (unpaired) electrons. The number of benzene rings is 1. The minimum atomic E-state index is -0.796. The first kappa shape index (κ1) is 14.4. The van der Waals surface area contributed by atoms with Gasteiger partial charge in [-0.3, -0.25) is 4.79 Å². The summed E-state index contributed by atoms with van der Waals surface area (Å²) in [6.45, 7) is 8.98. The van der Waals surface area contributed by atoms with Crippen LogP contribution in [0.15, 0.2) is 18.2 Å². The van der Waals surface area contributed by atoms with Crippen LogP contribution in [0.4, 0.5) is 5.69 Å². The predicted octanol–water partition coefficient (Wildman–Crippen LogP) is 1.24. The van der Waals surface area contributed by atoms with Gasteiger partial charge in [-0.05, 0) is 38.0 Å². The van der Waals surface area contributed by atoms with Crippen molar-refractivity contribution in [2.45, 2.75) is 25.9 Å². The number of carbonyl (C=O) groups excluding carboxylic acids is 1. The molecule has 0 saturated carbocycles. The Morgan fingerprint density at radius 2 is 2.05 bits per heavy atom. The van der Waals surface area contributed by atoms with Crippen molar-refractivity contribution in [3.8, 4) is 5.75 Å². The molecule has 1 aromatic carbocycles. The van der Waals surface area contributed by atoms with Crippen molar-refractivity contribution < 1.29 is 9.53 Å². The van der Waals surface area contributed by atoms with Gasteiger partial charge in [-0.15, -0.1) is 0 Å². The minimum Gasteiger partial charge on any atom is -0.476 e. The molecular weight excluding hydrogens is 266 g/mol. The van der Waals surface area contributed by atoms with Crippen LogP contribution in [-0.2, 0) is 11.2 Å². The largest absolute Gasteiger partial charge is 0.476 e. The van der Waals surface area contributed by atoms with Crippen LogP contribution in [0.3, 0.4) is 0 Å². The van der Waals surface area contributed by atoms with E-state index >= 15 is 0 Å². The predicted molar refractivity (Wildman–Crippen MR) is 82.8 cm³/mol. The topological polar surface area (TPSA) is 53.6 Å². The Hall–Kier alpha value is -1.59. The third-order valence-corrected chi connectivity index (χ3v) is 4.13. The Morgan fingerprint density at radius 3 is 2.81 bits per heavy atom. The Morgan fingerprint density at radius 1 is 1.29 bits per heavy atom. The zero-order valence-corrected chi connectivity index (χ0v) is 12.7. The van der Waals surface area contributed by atoms with Crippen LogP contribution in [0.25, 0.3) is 0 Å². The summed E-state index contributed by atoms with van der Waals surface area (Å²) in [5.41, 5.74) is 1.23. The molecule has 0 atom stereocenters. The van der Waals surface area contributed by atoms with Crippen molar-refractivity contribution in [3.63, 3.8) is 0 Å². The first-order valence-corrected chi connectivity index (χ1v) is 7.61. The summed E-state index contributed by atoms with van der Waals surface area (Å²) in [5, 5.41) is 6.30. The third-order valence-electron chi connectivity index (χ3n) is 4.13. The number of amides is 1. The molecule has 1 saturated heterocycles. The van der Waals surface area contributed by atoms with Crippen LogP contribution in [-0.4, -0.2) is 49.1 Å². The van der Waals surface area contributed by atoms with Crippen LogP contribution in [0, 0.1) is 0 Å². The molecule has 2 heterocycles. The number of rotatable bonds is 3. The van der Waals surface area contributed by atoms with Crippen LogP contribution >= 0.6 is 0 Å². The van der Waals surface area contributed by atoms with Gasteiger partial charge in [0.1, 0.15) is 5.75 Å². The molecule has 1 fully saturated rings. The van der Waals surface area contributed by atoms with Crippen LogP contribution in [0.5, 0.6) is 5.75 Å². The highest BCUT2D eigenvalue weighted by atomic mass is 16.5. The molecule has 2 aliphatic heterocycles. The van der Waals surface area contributed by atoms with Gasteiger partial charge in [0.25, 0.3) is 5.91 Å². The maximum absolute atomic E-state index is 11.9. The molecule has 114 valence electrons. The molecule has 21 heavy (non-hydrogen) atoms. The first-order valence-electron chi connectivity index (χ1n) is 7.61. The Balaban J connectivity index is 1.66. The van der Waals surface area contributed by atoms with E-state index in [-0.39, 0.29) is 5.91 Å². The van der Waals surface area contributed by atoms with Crippen molar-refractivity contribution in [3.05, 3.63) is 23.8 Å². The molecule has 0 aliphatic carbocycles.